The minimum absolute atomic E-state index is 0.0239. The van der Waals surface area contributed by atoms with E-state index in [0.717, 1.165) is 16.5 Å². The number of halogens is 2. The molecule has 0 aliphatic carbocycles. The molecule has 28 heavy (non-hydrogen) atoms. The van der Waals surface area contributed by atoms with Gasteiger partial charge in [0.25, 0.3) is 0 Å². The molecule has 0 aliphatic heterocycles. The van der Waals surface area contributed by atoms with Crippen LogP contribution in [0, 0.1) is 11.6 Å². The number of hydrogen-bond donors (Lipinski definition) is 1. The molecule has 6 heteroatoms. The van der Waals surface area contributed by atoms with Crippen LogP contribution in [0.25, 0.3) is 11.0 Å². The highest BCUT2D eigenvalue weighted by Crippen LogP contribution is 2.29. The smallest absolute Gasteiger partial charge is 0.171 e. The average molecular weight is 380 g/mol. The van der Waals surface area contributed by atoms with Crippen LogP contribution in [-0.4, -0.2) is 17.1 Å². The summed E-state index contributed by atoms with van der Waals surface area (Å²) in [6.45, 7) is 0.205. The number of aromatic nitrogens is 2. The molecular weight excluding hydrogens is 362 g/mol. The zero-order valence-electron chi connectivity index (χ0n) is 15.2. The fourth-order valence-electron chi connectivity index (χ4n) is 3.07. The molecule has 142 valence electrons. The number of methoxy groups -OCH3 is 1. The molecule has 0 saturated carbocycles. The van der Waals surface area contributed by atoms with E-state index in [1.807, 2.05) is 30.3 Å². The Hall–Kier alpha value is -3.41. The molecule has 4 rings (SSSR count). The maximum absolute atomic E-state index is 15.0. The van der Waals surface area contributed by atoms with Gasteiger partial charge in [0.2, 0.25) is 0 Å². The van der Waals surface area contributed by atoms with E-state index in [4.69, 9.17) is 9.47 Å². The molecule has 0 atom stereocenters. The Kier molecular flexibility index (Phi) is 4.93. The van der Waals surface area contributed by atoms with Crippen LogP contribution in [-0.2, 0) is 13.0 Å². The third-order valence-corrected chi connectivity index (χ3v) is 4.58. The van der Waals surface area contributed by atoms with E-state index < -0.39 is 11.6 Å². The van der Waals surface area contributed by atoms with Crippen molar-refractivity contribution in [3.05, 3.63) is 89.2 Å². The second-order valence-electron chi connectivity index (χ2n) is 6.37. The molecule has 0 unspecified atom stereocenters. The second kappa shape index (κ2) is 7.68. The number of rotatable bonds is 6. The molecule has 0 amide bonds. The van der Waals surface area contributed by atoms with Crippen LogP contribution in [0.3, 0.4) is 0 Å². The molecule has 0 fully saturated rings. The van der Waals surface area contributed by atoms with Crippen LogP contribution >= 0.6 is 0 Å². The van der Waals surface area contributed by atoms with E-state index in [1.165, 1.54) is 12.1 Å². The van der Waals surface area contributed by atoms with Gasteiger partial charge in [0, 0.05) is 23.6 Å². The standard InChI is InChI=1S/C22H18F2N2O2/c1-27-16-10-17-15(11-25-22(17)26-12-16)9-18-19(23)7-8-20(21(18)24)28-13-14-5-3-2-4-6-14/h2-8,10-12H,9,13H2,1H3,(H,25,26). The molecule has 2 aromatic heterocycles. The summed E-state index contributed by atoms with van der Waals surface area (Å²) in [5.74, 6) is -0.707. The lowest BCUT2D eigenvalue weighted by Gasteiger charge is -2.11. The van der Waals surface area contributed by atoms with E-state index >= 15 is 0 Å². The summed E-state index contributed by atoms with van der Waals surface area (Å²) in [5, 5.41) is 0.758. The quantitative estimate of drug-likeness (QED) is 0.511. The molecule has 4 nitrogen and oxygen atoms in total. The Bertz CT molecular complexity index is 1110. The van der Waals surface area contributed by atoms with Crippen molar-refractivity contribution >= 4 is 11.0 Å². The summed E-state index contributed by atoms with van der Waals surface area (Å²) in [4.78, 5) is 7.26. The van der Waals surface area contributed by atoms with E-state index in [1.54, 1.807) is 25.6 Å². The van der Waals surface area contributed by atoms with Crippen LogP contribution in [0.1, 0.15) is 16.7 Å². The maximum Gasteiger partial charge on any atom is 0.171 e. The number of pyridine rings is 1. The van der Waals surface area contributed by atoms with Crippen molar-refractivity contribution in [1.29, 1.82) is 0 Å². The van der Waals surface area contributed by atoms with Crippen molar-refractivity contribution in [3.63, 3.8) is 0 Å². The highest BCUT2D eigenvalue weighted by atomic mass is 19.1. The Morgan fingerprint density at radius 3 is 2.68 bits per heavy atom. The largest absolute Gasteiger partial charge is 0.495 e. The lowest BCUT2D eigenvalue weighted by molar-refractivity contribution is 0.288. The van der Waals surface area contributed by atoms with E-state index in [9.17, 15) is 8.78 Å². The van der Waals surface area contributed by atoms with Gasteiger partial charge in [0.05, 0.1) is 13.3 Å². The molecule has 0 radical (unpaired) electrons. The SMILES string of the molecule is COc1cnc2[nH]cc(Cc3c(F)ccc(OCc4ccccc4)c3F)c2c1. The predicted octanol–water partition coefficient (Wildman–Crippen LogP) is 5.02. The predicted molar refractivity (Wildman–Crippen MR) is 103 cm³/mol. The fraction of sp³-hybridized carbons (Fsp3) is 0.136. The molecule has 0 saturated heterocycles. The molecule has 2 aromatic carbocycles. The van der Waals surface area contributed by atoms with Gasteiger partial charge in [0.15, 0.2) is 11.6 Å². The lowest BCUT2D eigenvalue weighted by atomic mass is 10.0. The van der Waals surface area contributed by atoms with E-state index in [-0.39, 0.29) is 24.3 Å². The first-order valence-corrected chi connectivity index (χ1v) is 8.79. The van der Waals surface area contributed by atoms with Crippen LogP contribution < -0.4 is 9.47 Å². The van der Waals surface area contributed by atoms with Gasteiger partial charge < -0.3 is 14.5 Å². The maximum atomic E-state index is 15.0. The Morgan fingerprint density at radius 1 is 1.07 bits per heavy atom. The van der Waals surface area contributed by atoms with Gasteiger partial charge in [-0.25, -0.2) is 13.8 Å². The summed E-state index contributed by atoms with van der Waals surface area (Å²) in [6, 6.07) is 13.8. The number of hydrogen-bond acceptors (Lipinski definition) is 3. The van der Waals surface area contributed by atoms with Gasteiger partial charge in [0.1, 0.15) is 23.8 Å². The molecule has 0 spiro atoms. The van der Waals surface area contributed by atoms with Crippen molar-refractivity contribution in [3.8, 4) is 11.5 Å². The van der Waals surface area contributed by atoms with Gasteiger partial charge in [-0.2, -0.15) is 0 Å². The second-order valence-corrected chi connectivity index (χ2v) is 6.37. The molecule has 2 heterocycles. The third-order valence-electron chi connectivity index (χ3n) is 4.58. The molecule has 1 N–H and O–H groups in total. The lowest BCUT2D eigenvalue weighted by Crippen LogP contribution is -2.03. The number of nitrogens with one attached hydrogen (secondary N) is 1. The third kappa shape index (κ3) is 3.53. The van der Waals surface area contributed by atoms with Gasteiger partial charge >= 0.3 is 0 Å². The average Bonchev–Trinajstić information content (AvgIpc) is 3.13. The molecular formula is C22H18F2N2O2. The first-order valence-electron chi connectivity index (χ1n) is 8.79. The van der Waals surface area contributed by atoms with Crippen LogP contribution in [0.4, 0.5) is 8.78 Å². The number of nitrogens with zero attached hydrogens (tertiary/aromatic N) is 1. The van der Waals surface area contributed by atoms with Crippen LogP contribution in [0.2, 0.25) is 0 Å². The van der Waals surface area contributed by atoms with Crippen LogP contribution in [0.5, 0.6) is 11.5 Å². The van der Waals surface area contributed by atoms with Crippen molar-refractivity contribution < 1.29 is 18.3 Å². The minimum Gasteiger partial charge on any atom is -0.495 e. The highest BCUT2D eigenvalue weighted by Gasteiger charge is 2.17. The summed E-state index contributed by atoms with van der Waals surface area (Å²) >= 11 is 0. The molecule has 4 aromatic rings. The number of aromatic amines is 1. The summed E-state index contributed by atoms with van der Waals surface area (Å²) in [5.41, 5.74) is 2.21. The zero-order valence-corrected chi connectivity index (χ0v) is 15.2. The van der Waals surface area contributed by atoms with Crippen molar-refractivity contribution in [2.24, 2.45) is 0 Å². The van der Waals surface area contributed by atoms with Gasteiger partial charge in [-0.3, -0.25) is 0 Å². The van der Waals surface area contributed by atoms with Gasteiger partial charge in [-0.15, -0.1) is 0 Å². The summed E-state index contributed by atoms with van der Waals surface area (Å²) in [6.07, 6.45) is 3.35. The number of ether oxygens (including phenoxy) is 2. The first kappa shape index (κ1) is 18.0. The van der Waals surface area contributed by atoms with Crippen molar-refractivity contribution in [1.82, 2.24) is 9.97 Å². The number of fused-ring (bicyclic) bond motifs is 1. The Balaban J connectivity index is 1.63. The fourth-order valence-corrected chi connectivity index (χ4v) is 3.07. The number of H-pyrrole nitrogens is 1. The molecule has 0 bridgehead atoms. The molecule has 0 aliphatic rings. The van der Waals surface area contributed by atoms with Gasteiger partial charge in [-0.1, -0.05) is 30.3 Å². The van der Waals surface area contributed by atoms with Crippen molar-refractivity contribution in [2.45, 2.75) is 13.0 Å². The monoisotopic (exact) mass is 380 g/mol. The van der Waals surface area contributed by atoms with E-state index in [0.29, 0.717) is 11.4 Å². The highest BCUT2D eigenvalue weighted by molar-refractivity contribution is 5.81. The van der Waals surface area contributed by atoms with Crippen LogP contribution in [0.15, 0.2) is 60.9 Å². The zero-order chi connectivity index (χ0) is 19.5. The van der Waals surface area contributed by atoms with Crippen molar-refractivity contribution in [2.75, 3.05) is 7.11 Å². The van der Waals surface area contributed by atoms with Gasteiger partial charge in [-0.05, 0) is 29.3 Å². The van der Waals surface area contributed by atoms with E-state index in [2.05, 4.69) is 9.97 Å². The summed E-state index contributed by atoms with van der Waals surface area (Å²) < 4.78 is 40.1. The Morgan fingerprint density at radius 2 is 1.89 bits per heavy atom. The number of benzene rings is 2. The topological polar surface area (TPSA) is 47.1 Å². The Labute approximate surface area is 160 Å². The summed E-state index contributed by atoms with van der Waals surface area (Å²) in [7, 11) is 1.54. The normalized spacial score (nSPS) is 11.0. The minimum atomic E-state index is -0.693. The first-order chi connectivity index (χ1) is 13.7.